The van der Waals surface area contributed by atoms with Crippen molar-refractivity contribution < 1.29 is 27.8 Å². The number of methoxy groups -OCH3 is 1. The van der Waals surface area contributed by atoms with Crippen molar-refractivity contribution in [3.05, 3.63) is 95.1 Å². The van der Waals surface area contributed by atoms with Gasteiger partial charge in [0.15, 0.2) is 0 Å². The van der Waals surface area contributed by atoms with Gasteiger partial charge in [0.2, 0.25) is 0 Å². The van der Waals surface area contributed by atoms with E-state index in [4.69, 9.17) is 4.74 Å². The van der Waals surface area contributed by atoms with Crippen LogP contribution in [0.5, 0.6) is 0 Å². The van der Waals surface area contributed by atoms with Crippen LogP contribution in [-0.2, 0) is 23.9 Å². The fraction of sp³-hybridized carbons (Fsp3) is 0.269. The maximum absolute atomic E-state index is 13.6. The molecule has 178 valence electrons. The lowest BCUT2D eigenvalue weighted by molar-refractivity contribution is -0.138. The van der Waals surface area contributed by atoms with Crippen molar-refractivity contribution in [2.45, 2.75) is 41.9 Å². The van der Waals surface area contributed by atoms with Crippen molar-refractivity contribution in [3.8, 4) is 0 Å². The van der Waals surface area contributed by atoms with E-state index in [0.29, 0.717) is 17.7 Å². The van der Waals surface area contributed by atoms with Crippen molar-refractivity contribution >= 4 is 23.4 Å². The minimum atomic E-state index is -4.49. The molecule has 2 unspecified atom stereocenters. The Hall–Kier alpha value is -2.97. The molecule has 1 N–H and O–H groups in total. The molecule has 4 rings (SSSR count). The van der Waals surface area contributed by atoms with Gasteiger partial charge in [0.05, 0.1) is 28.7 Å². The van der Waals surface area contributed by atoms with Gasteiger partial charge in [-0.3, -0.25) is 0 Å². The van der Waals surface area contributed by atoms with Crippen LogP contribution in [0.2, 0.25) is 0 Å². The van der Waals surface area contributed by atoms with Gasteiger partial charge in [-0.05, 0) is 54.8 Å². The number of halogens is 3. The summed E-state index contributed by atoms with van der Waals surface area (Å²) in [7, 11) is 1.31. The summed E-state index contributed by atoms with van der Waals surface area (Å²) in [5, 5.41) is 11.5. The molecular formula is C26H24F3NO3S. The van der Waals surface area contributed by atoms with Crippen LogP contribution in [0.15, 0.2) is 77.7 Å². The molecule has 3 aromatic carbocycles. The van der Waals surface area contributed by atoms with E-state index in [-0.39, 0.29) is 12.1 Å². The molecule has 0 amide bonds. The molecule has 8 heteroatoms. The zero-order valence-electron chi connectivity index (χ0n) is 18.7. The van der Waals surface area contributed by atoms with Gasteiger partial charge in [0.1, 0.15) is 6.23 Å². The summed E-state index contributed by atoms with van der Waals surface area (Å²) in [6.07, 6.45) is -5.11. The molecule has 0 aromatic heterocycles. The third-order valence-electron chi connectivity index (χ3n) is 5.95. The van der Waals surface area contributed by atoms with Crippen molar-refractivity contribution in [1.29, 1.82) is 0 Å². The van der Waals surface area contributed by atoms with E-state index in [9.17, 15) is 23.1 Å². The Labute approximate surface area is 200 Å². The first-order chi connectivity index (χ1) is 16.1. The van der Waals surface area contributed by atoms with Gasteiger partial charge in [-0.15, -0.1) is 11.8 Å². The Balaban J connectivity index is 1.68. The first-order valence-corrected chi connectivity index (χ1v) is 11.5. The Kier molecular flexibility index (Phi) is 6.64. The third kappa shape index (κ3) is 4.79. The maximum Gasteiger partial charge on any atom is 0.416 e. The molecule has 1 aliphatic heterocycles. The molecule has 1 aliphatic rings. The number of thioether (sulfide) groups is 1. The average Bonchev–Trinajstić information content (AvgIpc) is 2.81. The highest BCUT2D eigenvalue weighted by Gasteiger charge is 2.44. The number of carbonyl (C=O) groups is 1. The van der Waals surface area contributed by atoms with Crippen LogP contribution in [0.25, 0.3) is 0 Å². The molecule has 3 aromatic rings. The molecule has 0 fully saturated rings. The number of fused-ring (bicyclic) bond motifs is 1. The normalized spacial score (nSPS) is 20.1. The van der Waals surface area contributed by atoms with E-state index in [1.54, 1.807) is 35.2 Å². The molecule has 0 bridgehead atoms. The zero-order chi connectivity index (χ0) is 24.5. The van der Waals surface area contributed by atoms with E-state index >= 15 is 0 Å². The third-order valence-corrected chi connectivity index (χ3v) is 7.34. The summed E-state index contributed by atoms with van der Waals surface area (Å²) in [4.78, 5) is 14.2. The van der Waals surface area contributed by atoms with Crippen molar-refractivity contribution in [2.24, 2.45) is 0 Å². The van der Waals surface area contributed by atoms with E-state index in [1.165, 1.54) is 31.0 Å². The first kappa shape index (κ1) is 24.2. The summed E-state index contributed by atoms with van der Waals surface area (Å²) >= 11 is 1.50. The number of para-hydroxylation sites is 1. The molecule has 0 radical (unpaired) electrons. The number of aliphatic hydroxyl groups is 1. The highest BCUT2D eigenvalue weighted by molar-refractivity contribution is 8.01. The van der Waals surface area contributed by atoms with E-state index in [0.717, 1.165) is 16.5 Å². The fourth-order valence-corrected chi connectivity index (χ4v) is 5.66. The Morgan fingerprint density at radius 2 is 1.71 bits per heavy atom. The summed E-state index contributed by atoms with van der Waals surface area (Å²) in [5.41, 5.74) is 1.38. The van der Waals surface area contributed by atoms with Crippen molar-refractivity contribution in [3.63, 3.8) is 0 Å². The molecule has 1 heterocycles. The Morgan fingerprint density at radius 3 is 2.38 bits per heavy atom. The number of aliphatic hydroxyl groups excluding tert-OH is 1. The summed E-state index contributed by atoms with van der Waals surface area (Å²) in [6, 6.07) is 19.8. The number of carbonyl (C=O) groups excluding carboxylic acids is 1. The number of benzene rings is 3. The van der Waals surface area contributed by atoms with Crippen LogP contribution >= 0.6 is 11.8 Å². The van der Waals surface area contributed by atoms with Crippen LogP contribution in [0.4, 0.5) is 18.9 Å². The molecule has 2 atom stereocenters. The zero-order valence-corrected chi connectivity index (χ0v) is 19.5. The molecule has 0 aliphatic carbocycles. The average molecular weight is 488 g/mol. The van der Waals surface area contributed by atoms with Crippen molar-refractivity contribution in [2.75, 3.05) is 12.0 Å². The number of alkyl halides is 3. The van der Waals surface area contributed by atoms with Gasteiger partial charge in [0.25, 0.3) is 0 Å². The molecule has 0 spiro atoms. The minimum absolute atomic E-state index is 0.0920. The van der Waals surface area contributed by atoms with Gasteiger partial charge in [0, 0.05) is 11.4 Å². The van der Waals surface area contributed by atoms with Crippen LogP contribution < -0.4 is 4.90 Å². The number of rotatable bonds is 5. The largest absolute Gasteiger partial charge is 0.465 e. The summed E-state index contributed by atoms with van der Waals surface area (Å²) in [5.74, 6) is -0.437. The lowest BCUT2D eigenvalue weighted by atomic mass is 9.95. The molecule has 4 nitrogen and oxygen atoms in total. The quantitative estimate of drug-likeness (QED) is 0.453. The highest BCUT2D eigenvalue weighted by atomic mass is 32.2. The minimum Gasteiger partial charge on any atom is -0.465 e. The summed E-state index contributed by atoms with van der Waals surface area (Å²) < 4.78 is 44.9. The Morgan fingerprint density at radius 1 is 1.06 bits per heavy atom. The SMILES string of the molecule is COC(=O)c1ccc(CC2(C)Sc3ccccc3N(Cc3ccccc3C(F)(F)F)C2O)cc1. The first-order valence-electron chi connectivity index (χ1n) is 10.7. The van der Waals surface area contributed by atoms with Gasteiger partial charge >= 0.3 is 12.1 Å². The fourth-order valence-electron chi connectivity index (χ4n) is 4.25. The monoisotopic (exact) mass is 487 g/mol. The lowest BCUT2D eigenvalue weighted by Crippen LogP contribution is -2.53. The predicted molar refractivity (Wildman–Crippen MR) is 126 cm³/mol. The molecule has 0 saturated heterocycles. The van der Waals surface area contributed by atoms with Crippen LogP contribution in [0, 0.1) is 0 Å². The molecular weight excluding hydrogens is 463 g/mol. The Bertz CT molecular complexity index is 1180. The van der Waals surface area contributed by atoms with E-state index in [1.807, 2.05) is 31.2 Å². The second kappa shape index (κ2) is 9.35. The number of anilines is 1. The smallest absolute Gasteiger partial charge is 0.416 e. The lowest BCUT2D eigenvalue weighted by Gasteiger charge is -2.47. The van der Waals surface area contributed by atoms with Gasteiger partial charge in [-0.25, -0.2) is 4.79 Å². The number of nitrogens with zero attached hydrogens (tertiary/aromatic N) is 1. The summed E-state index contributed by atoms with van der Waals surface area (Å²) in [6.45, 7) is 1.81. The number of esters is 1. The van der Waals surface area contributed by atoms with Gasteiger partial charge in [-0.2, -0.15) is 13.2 Å². The number of hydrogen-bond donors (Lipinski definition) is 1. The second-order valence-corrected chi connectivity index (χ2v) is 9.98. The predicted octanol–water partition coefficient (Wildman–Crippen LogP) is 5.92. The van der Waals surface area contributed by atoms with Gasteiger partial charge in [-0.1, -0.05) is 42.5 Å². The van der Waals surface area contributed by atoms with E-state index in [2.05, 4.69) is 0 Å². The number of ether oxygens (including phenoxy) is 1. The second-order valence-electron chi connectivity index (χ2n) is 8.40. The number of hydrogen-bond acceptors (Lipinski definition) is 5. The topological polar surface area (TPSA) is 49.8 Å². The standard InChI is InChI=1S/C26H24F3NO3S/c1-25(15-17-11-13-18(14-12-17)23(31)33-2)24(32)30(21-9-5-6-10-22(21)34-25)16-19-7-3-4-8-20(19)26(27,28)29/h3-14,24,32H,15-16H2,1-2H3. The van der Waals surface area contributed by atoms with Crippen molar-refractivity contribution in [1.82, 2.24) is 0 Å². The van der Waals surface area contributed by atoms with Crippen LogP contribution in [-0.4, -0.2) is 29.2 Å². The van der Waals surface area contributed by atoms with E-state index < -0.39 is 28.7 Å². The molecule has 0 saturated carbocycles. The maximum atomic E-state index is 13.6. The van der Waals surface area contributed by atoms with Gasteiger partial charge < -0.3 is 14.7 Å². The molecule has 34 heavy (non-hydrogen) atoms. The highest BCUT2D eigenvalue weighted by Crippen LogP contribution is 2.49. The van der Waals surface area contributed by atoms with Crippen LogP contribution in [0.1, 0.15) is 34.0 Å². The van der Waals surface area contributed by atoms with Crippen LogP contribution in [0.3, 0.4) is 0 Å².